The van der Waals surface area contributed by atoms with E-state index in [1.165, 1.54) is 0 Å². The van der Waals surface area contributed by atoms with E-state index < -0.39 is 0 Å². The number of nitrogens with zero attached hydrogens (tertiary/aromatic N) is 3. The minimum absolute atomic E-state index is 0.247. The third-order valence-corrected chi connectivity index (χ3v) is 3.31. The van der Waals surface area contributed by atoms with Gasteiger partial charge in [0.15, 0.2) is 5.69 Å². The fourth-order valence-electron chi connectivity index (χ4n) is 1.96. The monoisotopic (exact) mass is 330 g/mol. The van der Waals surface area contributed by atoms with E-state index in [9.17, 15) is 4.79 Å². The molecule has 0 saturated carbocycles. The number of hydrogen-bond donors (Lipinski definition) is 1. The predicted octanol–water partition coefficient (Wildman–Crippen LogP) is 2.98. The van der Waals surface area contributed by atoms with Gasteiger partial charge in [0.25, 0.3) is 5.91 Å². The molecule has 0 bridgehead atoms. The van der Waals surface area contributed by atoms with E-state index in [-0.39, 0.29) is 5.91 Å². The largest absolute Gasteiger partial charge is 0.319 e. The van der Waals surface area contributed by atoms with Crippen LogP contribution in [0.25, 0.3) is 10.9 Å². The smallest absolute Gasteiger partial charge is 0.276 e. The summed E-state index contributed by atoms with van der Waals surface area (Å²) in [6.07, 6.45) is 3.44. The average Bonchev–Trinajstić information content (AvgIpc) is 2.85. The van der Waals surface area contributed by atoms with E-state index in [4.69, 9.17) is 0 Å². The van der Waals surface area contributed by atoms with Gasteiger partial charge in [0.2, 0.25) is 0 Å². The lowest BCUT2D eigenvalue weighted by molar-refractivity contribution is 0.102. The first-order valence-corrected chi connectivity index (χ1v) is 6.78. The lowest BCUT2D eigenvalue weighted by Gasteiger charge is -2.07. The van der Waals surface area contributed by atoms with Crippen LogP contribution in [0.1, 0.15) is 10.5 Å². The Balaban J connectivity index is 1.97. The van der Waals surface area contributed by atoms with Crippen molar-refractivity contribution in [1.82, 2.24) is 14.8 Å². The van der Waals surface area contributed by atoms with Gasteiger partial charge in [0.05, 0.1) is 11.2 Å². The van der Waals surface area contributed by atoms with E-state index in [2.05, 4.69) is 31.3 Å². The van der Waals surface area contributed by atoms with Crippen molar-refractivity contribution in [3.05, 3.63) is 52.9 Å². The van der Waals surface area contributed by atoms with Crippen LogP contribution in [0.4, 0.5) is 5.69 Å². The van der Waals surface area contributed by atoms with Crippen molar-refractivity contribution in [3.8, 4) is 0 Å². The molecule has 0 fully saturated rings. The van der Waals surface area contributed by atoms with Crippen molar-refractivity contribution >= 4 is 38.4 Å². The van der Waals surface area contributed by atoms with Crippen LogP contribution in [-0.2, 0) is 7.05 Å². The third kappa shape index (κ3) is 2.42. The first kappa shape index (κ1) is 12.8. The molecular formula is C14H11BrN4O. The molecule has 2 heterocycles. The molecule has 1 amide bonds. The van der Waals surface area contributed by atoms with E-state index >= 15 is 0 Å². The topological polar surface area (TPSA) is 59.8 Å². The number of pyridine rings is 1. The zero-order valence-corrected chi connectivity index (χ0v) is 12.3. The number of benzene rings is 1. The maximum atomic E-state index is 12.1. The Hall–Kier alpha value is -2.21. The fourth-order valence-corrected chi connectivity index (χ4v) is 2.31. The summed E-state index contributed by atoms with van der Waals surface area (Å²) in [6, 6.07) is 9.28. The summed E-state index contributed by atoms with van der Waals surface area (Å²) < 4.78 is 2.49. The molecule has 6 heteroatoms. The van der Waals surface area contributed by atoms with Gasteiger partial charge in [-0.25, -0.2) is 0 Å². The van der Waals surface area contributed by atoms with Gasteiger partial charge < -0.3 is 5.32 Å². The van der Waals surface area contributed by atoms with E-state index in [0.29, 0.717) is 11.4 Å². The summed E-state index contributed by atoms with van der Waals surface area (Å²) in [5, 5.41) is 7.88. The molecule has 100 valence electrons. The molecule has 0 saturated heterocycles. The van der Waals surface area contributed by atoms with Crippen LogP contribution >= 0.6 is 15.9 Å². The average molecular weight is 331 g/mol. The minimum Gasteiger partial charge on any atom is -0.319 e. The second-order valence-electron chi connectivity index (χ2n) is 4.36. The molecule has 1 N–H and O–H groups in total. The molecule has 0 unspecified atom stereocenters. The van der Waals surface area contributed by atoms with Gasteiger partial charge in [-0.2, -0.15) is 5.10 Å². The van der Waals surface area contributed by atoms with Crippen molar-refractivity contribution in [2.45, 2.75) is 0 Å². The number of hydrogen-bond acceptors (Lipinski definition) is 3. The number of anilines is 1. The van der Waals surface area contributed by atoms with Crippen molar-refractivity contribution in [2.24, 2.45) is 7.05 Å². The molecule has 0 aliphatic rings. The van der Waals surface area contributed by atoms with Crippen LogP contribution in [-0.4, -0.2) is 20.7 Å². The van der Waals surface area contributed by atoms with Gasteiger partial charge in [-0.3, -0.25) is 14.5 Å². The Morgan fingerprint density at radius 2 is 2.20 bits per heavy atom. The number of para-hydroxylation sites is 1. The number of carbonyl (C=O) groups excluding carboxylic acids is 1. The maximum Gasteiger partial charge on any atom is 0.276 e. The van der Waals surface area contributed by atoms with Crippen LogP contribution in [0.2, 0.25) is 0 Å². The normalized spacial score (nSPS) is 10.7. The lowest BCUT2D eigenvalue weighted by Crippen LogP contribution is -2.13. The first-order valence-electron chi connectivity index (χ1n) is 5.99. The second-order valence-corrected chi connectivity index (χ2v) is 5.28. The summed E-state index contributed by atoms with van der Waals surface area (Å²) in [6.45, 7) is 0. The lowest BCUT2D eigenvalue weighted by atomic mass is 10.2. The van der Waals surface area contributed by atoms with Crippen molar-refractivity contribution < 1.29 is 4.79 Å². The van der Waals surface area contributed by atoms with Crippen LogP contribution in [0.5, 0.6) is 0 Å². The molecule has 0 radical (unpaired) electrons. The Morgan fingerprint density at radius 3 is 2.95 bits per heavy atom. The molecule has 3 aromatic rings. The van der Waals surface area contributed by atoms with Gasteiger partial charge in [-0.1, -0.05) is 12.1 Å². The fraction of sp³-hybridized carbons (Fsp3) is 0.0714. The molecular weight excluding hydrogens is 320 g/mol. The van der Waals surface area contributed by atoms with Gasteiger partial charge in [0, 0.05) is 29.3 Å². The van der Waals surface area contributed by atoms with Gasteiger partial charge >= 0.3 is 0 Å². The van der Waals surface area contributed by atoms with Gasteiger partial charge in [0.1, 0.15) is 0 Å². The van der Waals surface area contributed by atoms with Crippen molar-refractivity contribution in [2.75, 3.05) is 5.32 Å². The summed E-state index contributed by atoms with van der Waals surface area (Å²) >= 11 is 3.38. The zero-order valence-electron chi connectivity index (χ0n) is 10.7. The number of carbonyl (C=O) groups is 1. The Morgan fingerprint density at radius 1 is 1.35 bits per heavy atom. The summed E-state index contributed by atoms with van der Waals surface area (Å²) in [5.74, 6) is -0.247. The van der Waals surface area contributed by atoms with Gasteiger partial charge in [-0.15, -0.1) is 0 Å². The Bertz CT molecular complexity index is 797. The van der Waals surface area contributed by atoms with Crippen LogP contribution < -0.4 is 5.32 Å². The summed E-state index contributed by atoms with van der Waals surface area (Å²) in [7, 11) is 1.77. The summed E-state index contributed by atoms with van der Waals surface area (Å²) in [5.41, 5.74) is 1.80. The molecule has 5 nitrogen and oxygen atoms in total. The number of aromatic nitrogens is 3. The van der Waals surface area contributed by atoms with E-state index in [1.807, 2.05) is 24.3 Å². The zero-order chi connectivity index (χ0) is 14.1. The van der Waals surface area contributed by atoms with Crippen LogP contribution in [0.3, 0.4) is 0 Å². The molecule has 0 aliphatic carbocycles. The SMILES string of the molecule is Cn1ccc(C(=O)Nc2cccc3cc(Br)cnc23)n1. The number of rotatable bonds is 2. The van der Waals surface area contributed by atoms with Crippen molar-refractivity contribution in [3.63, 3.8) is 0 Å². The predicted molar refractivity (Wildman–Crippen MR) is 80.6 cm³/mol. The Kier molecular flexibility index (Phi) is 3.23. The molecule has 2 aromatic heterocycles. The third-order valence-electron chi connectivity index (χ3n) is 2.87. The van der Waals surface area contributed by atoms with Crippen LogP contribution in [0, 0.1) is 0 Å². The van der Waals surface area contributed by atoms with E-state index in [1.54, 1.807) is 30.2 Å². The quantitative estimate of drug-likeness (QED) is 0.785. The number of halogens is 1. The molecule has 3 rings (SSSR count). The number of aryl methyl sites for hydroxylation is 1. The highest BCUT2D eigenvalue weighted by molar-refractivity contribution is 9.10. The molecule has 0 spiro atoms. The number of amides is 1. The summed E-state index contributed by atoms with van der Waals surface area (Å²) in [4.78, 5) is 16.5. The van der Waals surface area contributed by atoms with Crippen molar-refractivity contribution in [1.29, 1.82) is 0 Å². The van der Waals surface area contributed by atoms with Crippen LogP contribution in [0.15, 0.2) is 47.2 Å². The molecule has 0 aliphatic heterocycles. The highest BCUT2D eigenvalue weighted by Crippen LogP contribution is 2.24. The van der Waals surface area contributed by atoms with E-state index in [0.717, 1.165) is 15.4 Å². The molecule has 1 aromatic carbocycles. The van der Waals surface area contributed by atoms with Gasteiger partial charge in [-0.05, 0) is 34.1 Å². The Labute approximate surface area is 123 Å². The minimum atomic E-state index is -0.247. The highest BCUT2D eigenvalue weighted by atomic mass is 79.9. The molecule has 0 atom stereocenters. The standard InChI is InChI=1S/C14H11BrN4O/c1-19-6-5-12(18-19)14(20)17-11-4-2-3-9-7-10(15)8-16-13(9)11/h2-8H,1H3,(H,17,20). The highest BCUT2D eigenvalue weighted by Gasteiger charge is 2.11. The number of nitrogens with one attached hydrogen (secondary N) is 1. The number of fused-ring (bicyclic) bond motifs is 1. The first-order chi connectivity index (χ1) is 9.63. The molecule has 20 heavy (non-hydrogen) atoms. The second kappa shape index (κ2) is 5.05. The maximum absolute atomic E-state index is 12.1.